The summed E-state index contributed by atoms with van der Waals surface area (Å²) in [6.45, 7) is 6.35. The summed E-state index contributed by atoms with van der Waals surface area (Å²) in [5, 5.41) is 9.84. The smallest absolute Gasteiger partial charge is 0.389 e. The van der Waals surface area contributed by atoms with Crippen LogP contribution in [-0.4, -0.2) is 62.0 Å². The quantitative estimate of drug-likeness (QED) is 0.867. The molecule has 1 aromatic rings. The highest BCUT2D eigenvalue weighted by Gasteiger charge is 2.30. The first-order valence-corrected chi connectivity index (χ1v) is 7.80. The Bertz CT molecular complexity index is 471. The maximum Gasteiger partial charge on any atom is 0.416 e. The first kappa shape index (κ1) is 18.0. The van der Waals surface area contributed by atoms with Gasteiger partial charge in [-0.05, 0) is 31.2 Å². The highest BCUT2D eigenvalue weighted by Crippen LogP contribution is 2.30. The Hall–Kier alpha value is -1.31. The Kier molecular flexibility index (Phi) is 6.26. The highest BCUT2D eigenvalue weighted by molar-refractivity contribution is 5.48. The Morgan fingerprint density at radius 1 is 1.13 bits per heavy atom. The maximum absolute atomic E-state index is 12.6. The average Bonchev–Trinajstić information content (AvgIpc) is 2.53. The van der Waals surface area contributed by atoms with Crippen molar-refractivity contribution in [3.05, 3.63) is 29.8 Å². The van der Waals surface area contributed by atoms with Crippen LogP contribution in [0.2, 0.25) is 0 Å². The third-order valence-corrected chi connectivity index (χ3v) is 3.92. The molecule has 23 heavy (non-hydrogen) atoms. The number of piperazine rings is 1. The van der Waals surface area contributed by atoms with Crippen LogP contribution in [0.5, 0.6) is 0 Å². The van der Waals surface area contributed by atoms with E-state index in [2.05, 4.69) is 9.80 Å². The van der Waals surface area contributed by atoms with E-state index in [9.17, 15) is 18.3 Å². The van der Waals surface area contributed by atoms with Crippen LogP contribution in [0.1, 0.15) is 12.5 Å². The molecule has 7 heteroatoms. The van der Waals surface area contributed by atoms with Crippen molar-refractivity contribution in [2.75, 3.05) is 50.8 Å². The lowest BCUT2D eigenvalue weighted by Crippen LogP contribution is -2.49. The summed E-state index contributed by atoms with van der Waals surface area (Å²) in [5.41, 5.74) is 0.173. The van der Waals surface area contributed by atoms with Crippen molar-refractivity contribution in [3.8, 4) is 0 Å². The van der Waals surface area contributed by atoms with Gasteiger partial charge in [0.2, 0.25) is 0 Å². The summed E-state index contributed by atoms with van der Waals surface area (Å²) in [5.74, 6) is 0. The van der Waals surface area contributed by atoms with Crippen molar-refractivity contribution in [1.82, 2.24) is 4.90 Å². The van der Waals surface area contributed by atoms with Gasteiger partial charge in [-0.3, -0.25) is 4.90 Å². The van der Waals surface area contributed by atoms with Gasteiger partial charge in [0.1, 0.15) is 0 Å². The van der Waals surface area contributed by atoms with E-state index in [0.29, 0.717) is 19.8 Å². The van der Waals surface area contributed by atoms with Crippen LogP contribution in [0.3, 0.4) is 0 Å². The number of halogens is 3. The van der Waals surface area contributed by atoms with Gasteiger partial charge in [-0.15, -0.1) is 0 Å². The van der Waals surface area contributed by atoms with Crippen LogP contribution in [0.25, 0.3) is 0 Å². The van der Waals surface area contributed by atoms with E-state index in [-0.39, 0.29) is 0 Å². The van der Waals surface area contributed by atoms with Gasteiger partial charge in [-0.2, -0.15) is 13.2 Å². The fraction of sp³-hybridized carbons (Fsp3) is 0.625. The average molecular weight is 332 g/mol. The zero-order valence-electron chi connectivity index (χ0n) is 13.2. The molecule has 1 aliphatic heterocycles. The van der Waals surface area contributed by atoms with E-state index in [1.54, 1.807) is 0 Å². The van der Waals surface area contributed by atoms with Crippen LogP contribution < -0.4 is 4.90 Å². The van der Waals surface area contributed by atoms with Gasteiger partial charge >= 0.3 is 6.18 Å². The Balaban J connectivity index is 1.82. The van der Waals surface area contributed by atoms with Gasteiger partial charge in [-0.1, -0.05) is 0 Å². The number of nitrogens with zero attached hydrogens (tertiary/aromatic N) is 2. The van der Waals surface area contributed by atoms with E-state index in [1.165, 1.54) is 12.1 Å². The Morgan fingerprint density at radius 3 is 2.26 bits per heavy atom. The van der Waals surface area contributed by atoms with Gasteiger partial charge in [-0.25, -0.2) is 0 Å². The van der Waals surface area contributed by atoms with Gasteiger partial charge in [0.15, 0.2) is 0 Å². The van der Waals surface area contributed by atoms with Crippen LogP contribution in [0, 0.1) is 0 Å². The molecule has 1 unspecified atom stereocenters. The van der Waals surface area contributed by atoms with Crippen LogP contribution in [-0.2, 0) is 10.9 Å². The lowest BCUT2D eigenvalue weighted by molar-refractivity contribution is -0.137. The minimum Gasteiger partial charge on any atom is -0.389 e. The number of hydrogen-bond donors (Lipinski definition) is 1. The summed E-state index contributed by atoms with van der Waals surface area (Å²) in [7, 11) is 0. The molecular formula is C16H23F3N2O2. The second kappa shape index (κ2) is 7.99. The molecule has 1 N–H and O–H groups in total. The number of benzene rings is 1. The number of rotatable bonds is 6. The topological polar surface area (TPSA) is 35.9 Å². The second-order valence-corrected chi connectivity index (χ2v) is 5.65. The van der Waals surface area contributed by atoms with Crippen molar-refractivity contribution in [2.45, 2.75) is 19.2 Å². The molecule has 2 rings (SSSR count). The predicted molar refractivity (Wildman–Crippen MR) is 82.6 cm³/mol. The fourth-order valence-electron chi connectivity index (χ4n) is 2.65. The number of hydrogen-bond acceptors (Lipinski definition) is 4. The number of anilines is 1. The van der Waals surface area contributed by atoms with Crippen molar-refractivity contribution >= 4 is 5.69 Å². The molecule has 4 nitrogen and oxygen atoms in total. The molecule has 1 fully saturated rings. The van der Waals surface area contributed by atoms with Crippen molar-refractivity contribution in [2.24, 2.45) is 0 Å². The summed E-state index contributed by atoms with van der Waals surface area (Å²) in [4.78, 5) is 4.20. The Labute approximate surface area is 134 Å². The number of β-amino-alcohol motifs (C(OH)–C–C–N with tert-alkyl or cyclic N) is 1. The van der Waals surface area contributed by atoms with E-state index >= 15 is 0 Å². The number of aliphatic hydroxyl groups is 1. The SMILES string of the molecule is CCOCC(O)CN1CCN(c2ccc(C(F)(F)F)cc2)CC1. The fourth-order valence-corrected chi connectivity index (χ4v) is 2.65. The first-order chi connectivity index (χ1) is 10.9. The molecule has 0 saturated carbocycles. The summed E-state index contributed by atoms with van der Waals surface area (Å²) < 4.78 is 42.9. The molecule has 1 heterocycles. The lowest BCUT2D eigenvalue weighted by atomic mass is 10.1. The summed E-state index contributed by atoms with van der Waals surface area (Å²) in [6.07, 6.45) is -4.80. The zero-order chi connectivity index (χ0) is 16.9. The van der Waals surface area contributed by atoms with E-state index < -0.39 is 17.8 Å². The first-order valence-electron chi connectivity index (χ1n) is 7.80. The van der Waals surface area contributed by atoms with E-state index in [1.807, 2.05) is 6.92 Å². The second-order valence-electron chi connectivity index (χ2n) is 5.65. The molecule has 1 saturated heterocycles. The molecular weight excluding hydrogens is 309 g/mol. The van der Waals surface area contributed by atoms with Crippen LogP contribution >= 0.6 is 0 Å². The molecule has 0 radical (unpaired) electrons. The van der Waals surface area contributed by atoms with E-state index in [4.69, 9.17) is 4.74 Å². The van der Waals surface area contributed by atoms with Crippen LogP contribution in [0.15, 0.2) is 24.3 Å². The maximum atomic E-state index is 12.6. The summed E-state index contributed by atoms with van der Waals surface area (Å²) >= 11 is 0. The summed E-state index contributed by atoms with van der Waals surface area (Å²) in [6, 6.07) is 5.27. The van der Waals surface area contributed by atoms with E-state index in [0.717, 1.165) is 44.0 Å². The third-order valence-electron chi connectivity index (χ3n) is 3.92. The normalized spacial score (nSPS) is 18.2. The molecule has 1 atom stereocenters. The minimum absolute atomic E-state index is 0.329. The number of alkyl halides is 3. The molecule has 0 aliphatic carbocycles. The zero-order valence-corrected chi connectivity index (χ0v) is 13.2. The minimum atomic E-state index is -4.30. The van der Waals surface area contributed by atoms with Crippen molar-refractivity contribution in [1.29, 1.82) is 0 Å². The van der Waals surface area contributed by atoms with Crippen molar-refractivity contribution in [3.63, 3.8) is 0 Å². The standard InChI is InChI=1S/C16H23F3N2O2/c1-2-23-12-15(22)11-20-7-9-21(10-8-20)14-5-3-13(4-6-14)16(17,18)19/h3-6,15,22H,2,7-12H2,1H3. The highest BCUT2D eigenvalue weighted by atomic mass is 19.4. The van der Waals surface area contributed by atoms with Gasteiger partial charge < -0.3 is 14.7 Å². The monoisotopic (exact) mass is 332 g/mol. The largest absolute Gasteiger partial charge is 0.416 e. The Morgan fingerprint density at radius 2 is 1.74 bits per heavy atom. The molecule has 1 aromatic carbocycles. The molecule has 0 spiro atoms. The van der Waals surface area contributed by atoms with Gasteiger partial charge in [0.25, 0.3) is 0 Å². The van der Waals surface area contributed by atoms with Crippen molar-refractivity contribution < 1.29 is 23.0 Å². The molecule has 1 aliphatic rings. The van der Waals surface area contributed by atoms with Crippen LogP contribution in [0.4, 0.5) is 18.9 Å². The van der Waals surface area contributed by atoms with Gasteiger partial charge in [0.05, 0.1) is 18.3 Å². The molecule has 130 valence electrons. The predicted octanol–water partition coefficient (Wildman–Crippen LogP) is 2.22. The van der Waals surface area contributed by atoms with Gasteiger partial charge in [0, 0.05) is 45.0 Å². The molecule has 0 bridgehead atoms. The number of ether oxygens (including phenoxy) is 1. The lowest BCUT2D eigenvalue weighted by Gasteiger charge is -2.37. The molecule has 0 aromatic heterocycles. The number of aliphatic hydroxyl groups excluding tert-OH is 1. The third kappa shape index (κ3) is 5.37. The molecule has 0 amide bonds.